The molecular weight excluding hydrogens is 288 g/mol. The Bertz CT molecular complexity index is 564. The molecule has 0 aliphatic rings. The second-order valence-electron chi connectivity index (χ2n) is 4.35. The molecule has 0 saturated carbocycles. The molecule has 0 saturated heterocycles. The van der Waals surface area contributed by atoms with E-state index in [2.05, 4.69) is 40.3 Å². The Balaban J connectivity index is 2.30. The Morgan fingerprint density at radius 2 is 1.94 bits per heavy atom. The summed E-state index contributed by atoms with van der Waals surface area (Å²) in [5.41, 5.74) is 11.3. The van der Waals surface area contributed by atoms with Crippen LogP contribution in [-0.4, -0.2) is 0 Å². The Hall–Kier alpha value is -1.48. The number of rotatable bonds is 3. The third-order valence-electron chi connectivity index (χ3n) is 3.01. The highest BCUT2D eigenvalue weighted by Crippen LogP contribution is 2.26. The molecule has 3 heteroatoms. The molecule has 0 unspecified atom stereocenters. The van der Waals surface area contributed by atoms with Gasteiger partial charge >= 0.3 is 0 Å². The van der Waals surface area contributed by atoms with Crippen LogP contribution in [0.1, 0.15) is 18.1 Å². The van der Waals surface area contributed by atoms with Crippen molar-refractivity contribution < 1.29 is 0 Å². The molecule has 0 bridgehead atoms. The number of benzene rings is 2. The van der Waals surface area contributed by atoms with Crippen LogP contribution in [0.2, 0.25) is 0 Å². The molecule has 18 heavy (non-hydrogen) atoms. The lowest BCUT2D eigenvalue weighted by atomic mass is 10.1. The maximum atomic E-state index is 5.92. The number of aryl methyl sites for hydroxylation is 2. The number of nitrogen functional groups attached to an aromatic ring is 1. The smallest absolute Gasteiger partial charge is 0.0417 e. The summed E-state index contributed by atoms with van der Waals surface area (Å²) in [4.78, 5) is 0. The van der Waals surface area contributed by atoms with E-state index in [1.165, 1.54) is 5.56 Å². The molecule has 94 valence electrons. The second-order valence-corrected chi connectivity index (χ2v) is 5.27. The highest BCUT2D eigenvalue weighted by atomic mass is 79.9. The van der Waals surface area contributed by atoms with Crippen molar-refractivity contribution in [3.63, 3.8) is 0 Å². The summed E-state index contributed by atoms with van der Waals surface area (Å²) in [5.74, 6) is 0. The van der Waals surface area contributed by atoms with Crippen molar-refractivity contribution in [2.75, 3.05) is 11.1 Å². The van der Waals surface area contributed by atoms with Gasteiger partial charge in [0.25, 0.3) is 0 Å². The van der Waals surface area contributed by atoms with Crippen molar-refractivity contribution in [3.05, 3.63) is 52.0 Å². The Morgan fingerprint density at radius 1 is 1.17 bits per heavy atom. The molecule has 2 aromatic carbocycles. The number of anilines is 3. The lowest BCUT2D eigenvalue weighted by Crippen LogP contribution is -1.97. The maximum Gasteiger partial charge on any atom is 0.0417 e. The number of nitrogens with one attached hydrogen (secondary N) is 1. The standard InChI is InChI=1S/C15H17BrN2/c1-3-11-8-12(16)5-7-15(11)18-13-6-4-10(2)14(17)9-13/h4-9,18H,3,17H2,1-2H3. The lowest BCUT2D eigenvalue weighted by Gasteiger charge is -2.12. The number of hydrogen-bond acceptors (Lipinski definition) is 2. The minimum absolute atomic E-state index is 0.815. The van der Waals surface area contributed by atoms with E-state index < -0.39 is 0 Å². The minimum Gasteiger partial charge on any atom is -0.398 e. The molecule has 0 fully saturated rings. The van der Waals surface area contributed by atoms with E-state index in [1.54, 1.807) is 0 Å². The first-order chi connectivity index (χ1) is 8.60. The maximum absolute atomic E-state index is 5.92. The van der Waals surface area contributed by atoms with E-state index in [0.717, 1.165) is 33.5 Å². The van der Waals surface area contributed by atoms with Gasteiger partial charge in [0.1, 0.15) is 0 Å². The van der Waals surface area contributed by atoms with Crippen LogP contribution in [-0.2, 0) is 6.42 Å². The Morgan fingerprint density at radius 3 is 2.61 bits per heavy atom. The van der Waals surface area contributed by atoms with Gasteiger partial charge in [0.05, 0.1) is 0 Å². The highest BCUT2D eigenvalue weighted by Gasteiger charge is 2.03. The number of halogens is 1. The van der Waals surface area contributed by atoms with Gasteiger partial charge in [-0.1, -0.05) is 28.9 Å². The summed E-state index contributed by atoms with van der Waals surface area (Å²) in [6.07, 6.45) is 0.989. The molecule has 0 atom stereocenters. The summed E-state index contributed by atoms with van der Waals surface area (Å²) >= 11 is 3.50. The van der Waals surface area contributed by atoms with Crippen LogP contribution in [0.25, 0.3) is 0 Å². The topological polar surface area (TPSA) is 38.0 Å². The first-order valence-electron chi connectivity index (χ1n) is 6.01. The molecule has 2 nitrogen and oxygen atoms in total. The first-order valence-corrected chi connectivity index (χ1v) is 6.81. The zero-order valence-electron chi connectivity index (χ0n) is 10.6. The van der Waals surface area contributed by atoms with Crippen LogP contribution >= 0.6 is 15.9 Å². The van der Waals surface area contributed by atoms with Gasteiger partial charge in [-0.3, -0.25) is 0 Å². The summed E-state index contributed by atoms with van der Waals surface area (Å²) in [7, 11) is 0. The fourth-order valence-corrected chi connectivity index (χ4v) is 2.26. The van der Waals surface area contributed by atoms with Gasteiger partial charge < -0.3 is 11.1 Å². The summed E-state index contributed by atoms with van der Waals surface area (Å²) in [5, 5.41) is 3.42. The monoisotopic (exact) mass is 304 g/mol. The zero-order valence-corrected chi connectivity index (χ0v) is 12.2. The second kappa shape index (κ2) is 5.44. The van der Waals surface area contributed by atoms with E-state index in [-0.39, 0.29) is 0 Å². The third-order valence-corrected chi connectivity index (χ3v) is 3.50. The third kappa shape index (κ3) is 2.85. The molecule has 0 heterocycles. The lowest BCUT2D eigenvalue weighted by molar-refractivity contribution is 1.14. The van der Waals surface area contributed by atoms with Crippen molar-refractivity contribution in [1.29, 1.82) is 0 Å². The van der Waals surface area contributed by atoms with Crippen molar-refractivity contribution >= 4 is 33.0 Å². The molecule has 0 aliphatic carbocycles. The minimum atomic E-state index is 0.815. The molecule has 3 N–H and O–H groups in total. The van der Waals surface area contributed by atoms with Crippen LogP contribution in [0.4, 0.5) is 17.1 Å². The van der Waals surface area contributed by atoms with Gasteiger partial charge in [-0.2, -0.15) is 0 Å². The Labute approximate surface area is 116 Å². The fraction of sp³-hybridized carbons (Fsp3) is 0.200. The molecule has 2 aromatic rings. The van der Waals surface area contributed by atoms with Crippen molar-refractivity contribution in [2.24, 2.45) is 0 Å². The van der Waals surface area contributed by atoms with Crippen LogP contribution < -0.4 is 11.1 Å². The molecule has 0 aromatic heterocycles. The fourth-order valence-electron chi connectivity index (χ4n) is 1.85. The van der Waals surface area contributed by atoms with Gasteiger partial charge in [0.15, 0.2) is 0 Å². The van der Waals surface area contributed by atoms with E-state index in [1.807, 2.05) is 31.2 Å². The molecule has 0 radical (unpaired) electrons. The Kier molecular flexibility index (Phi) is 3.92. The summed E-state index contributed by atoms with van der Waals surface area (Å²) in [6.45, 7) is 4.16. The van der Waals surface area contributed by atoms with Crippen molar-refractivity contribution in [3.8, 4) is 0 Å². The average Bonchev–Trinajstić information content (AvgIpc) is 2.36. The molecule has 2 rings (SSSR count). The van der Waals surface area contributed by atoms with E-state index in [0.29, 0.717) is 0 Å². The van der Waals surface area contributed by atoms with Crippen molar-refractivity contribution in [2.45, 2.75) is 20.3 Å². The van der Waals surface area contributed by atoms with Crippen LogP contribution in [0.15, 0.2) is 40.9 Å². The quantitative estimate of drug-likeness (QED) is 0.810. The normalized spacial score (nSPS) is 10.4. The molecular formula is C15H17BrN2. The first kappa shape index (κ1) is 13.0. The van der Waals surface area contributed by atoms with Gasteiger partial charge in [0.2, 0.25) is 0 Å². The van der Waals surface area contributed by atoms with Crippen LogP contribution in [0.5, 0.6) is 0 Å². The molecule has 0 spiro atoms. The van der Waals surface area contributed by atoms with Gasteiger partial charge in [-0.15, -0.1) is 0 Å². The van der Waals surface area contributed by atoms with Crippen LogP contribution in [0.3, 0.4) is 0 Å². The SMILES string of the molecule is CCc1cc(Br)ccc1Nc1ccc(C)c(N)c1. The van der Waals surface area contributed by atoms with E-state index in [9.17, 15) is 0 Å². The van der Waals surface area contributed by atoms with Gasteiger partial charge in [0, 0.05) is 21.5 Å². The summed E-state index contributed by atoms with van der Waals surface area (Å²) in [6, 6.07) is 12.3. The van der Waals surface area contributed by atoms with Gasteiger partial charge in [-0.25, -0.2) is 0 Å². The largest absolute Gasteiger partial charge is 0.398 e. The predicted octanol–water partition coefficient (Wildman–Crippen LogP) is 4.65. The van der Waals surface area contributed by atoms with E-state index in [4.69, 9.17) is 5.73 Å². The predicted molar refractivity (Wildman–Crippen MR) is 82.4 cm³/mol. The number of hydrogen-bond donors (Lipinski definition) is 2. The average molecular weight is 305 g/mol. The van der Waals surface area contributed by atoms with Gasteiger partial charge in [-0.05, 0) is 54.8 Å². The summed E-state index contributed by atoms with van der Waals surface area (Å²) < 4.78 is 1.10. The number of nitrogens with two attached hydrogens (primary N) is 1. The van der Waals surface area contributed by atoms with Crippen LogP contribution in [0, 0.1) is 6.92 Å². The molecule has 0 amide bonds. The molecule has 0 aliphatic heterocycles. The highest BCUT2D eigenvalue weighted by molar-refractivity contribution is 9.10. The zero-order chi connectivity index (χ0) is 13.1. The van der Waals surface area contributed by atoms with E-state index >= 15 is 0 Å². The van der Waals surface area contributed by atoms with Crippen molar-refractivity contribution in [1.82, 2.24) is 0 Å².